The Bertz CT molecular complexity index is 2240. The summed E-state index contributed by atoms with van der Waals surface area (Å²) in [6.45, 7) is 11.3. The van der Waals surface area contributed by atoms with Crippen molar-refractivity contribution >= 4 is 27.2 Å². The van der Waals surface area contributed by atoms with Crippen LogP contribution in [-0.2, 0) is 28.0 Å². The molecule has 0 bridgehead atoms. The quantitative estimate of drug-likeness (QED) is 0.0589. The summed E-state index contributed by atoms with van der Waals surface area (Å²) in [5.41, 5.74) is 11.4. The second-order valence-corrected chi connectivity index (χ2v) is 19.4. The smallest absolute Gasteiger partial charge is 0.403 e. The summed E-state index contributed by atoms with van der Waals surface area (Å²) >= 11 is 0. The summed E-state index contributed by atoms with van der Waals surface area (Å²) in [6, 6.07) is 52.5. The van der Waals surface area contributed by atoms with Crippen molar-refractivity contribution in [2.75, 3.05) is 26.4 Å². The summed E-state index contributed by atoms with van der Waals surface area (Å²) in [5.74, 6) is -0.232. The van der Waals surface area contributed by atoms with Gasteiger partial charge in [-0.05, 0) is 71.4 Å². The van der Waals surface area contributed by atoms with Gasteiger partial charge < -0.3 is 4.43 Å². The molecule has 0 atom stereocenters. The van der Waals surface area contributed by atoms with Crippen LogP contribution in [0.4, 0.5) is 0 Å². The van der Waals surface area contributed by atoms with Gasteiger partial charge in [-0.1, -0.05) is 191 Å². The minimum atomic E-state index is -4.10. The van der Waals surface area contributed by atoms with Crippen molar-refractivity contribution in [3.63, 3.8) is 0 Å². The van der Waals surface area contributed by atoms with Crippen LogP contribution in [0.15, 0.2) is 176 Å². The molecular weight excluding hydrogens is 740 g/mol. The molecule has 0 unspecified atom stereocenters. The van der Waals surface area contributed by atoms with E-state index in [0.717, 1.165) is 60.5 Å². The fourth-order valence-corrected chi connectivity index (χ4v) is 11.0. The molecule has 2 aliphatic rings. The Morgan fingerprint density at radius 3 is 1.46 bits per heavy atom. The van der Waals surface area contributed by atoms with E-state index in [1.54, 1.807) is 6.08 Å². The molecule has 0 fully saturated rings. The van der Waals surface area contributed by atoms with Gasteiger partial charge in [-0.3, -0.25) is 13.6 Å². The lowest BCUT2D eigenvalue weighted by molar-refractivity contribution is 0.116. The Kier molecular flexibility index (Phi) is 11.5. The van der Waals surface area contributed by atoms with E-state index >= 15 is 0 Å². The summed E-state index contributed by atoms with van der Waals surface area (Å²) in [6.07, 6.45) is 3.63. The molecular formula is C50H48O5PSi. The van der Waals surface area contributed by atoms with Gasteiger partial charge in [0, 0.05) is 11.8 Å². The molecule has 57 heavy (non-hydrogen) atoms. The first-order chi connectivity index (χ1) is 27.7. The summed E-state index contributed by atoms with van der Waals surface area (Å²) in [4.78, 5) is 0. The van der Waals surface area contributed by atoms with Crippen LogP contribution in [0.1, 0.15) is 60.4 Å². The lowest BCUT2D eigenvalue weighted by Crippen LogP contribution is -2.45. The Balaban J connectivity index is 1.02. The van der Waals surface area contributed by atoms with E-state index in [0.29, 0.717) is 6.61 Å². The Morgan fingerprint density at radius 1 is 0.596 bits per heavy atom. The first-order valence-corrected chi connectivity index (χ1v) is 22.5. The normalized spacial score (nSPS) is 14.0. The van der Waals surface area contributed by atoms with Crippen LogP contribution in [0, 0.1) is 0 Å². The third kappa shape index (κ3) is 8.40. The fraction of sp³-hybridized carbons (Fsp3) is 0.200. The Morgan fingerprint density at radius 2 is 1.02 bits per heavy atom. The highest BCUT2D eigenvalue weighted by atomic mass is 31.2. The molecule has 5 nitrogen and oxygen atoms in total. The van der Waals surface area contributed by atoms with Gasteiger partial charge in [0.2, 0.25) is 0 Å². The van der Waals surface area contributed by atoms with E-state index in [1.165, 1.54) is 5.56 Å². The van der Waals surface area contributed by atoms with E-state index in [-0.39, 0.29) is 37.1 Å². The van der Waals surface area contributed by atoms with Crippen molar-refractivity contribution in [3.05, 3.63) is 204 Å². The molecule has 0 saturated carbocycles. The topological polar surface area (TPSA) is 54.0 Å². The lowest BCUT2D eigenvalue weighted by atomic mass is 9.87. The van der Waals surface area contributed by atoms with Crippen LogP contribution in [-0.4, -0.2) is 35.5 Å². The summed E-state index contributed by atoms with van der Waals surface area (Å²) < 4.78 is 40.4. The van der Waals surface area contributed by atoms with Gasteiger partial charge in [0.15, 0.2) is 0 Å². The summed E-state index contributed by atoms with van der Waals surface area (Å²) in [7, 11) is -5.69. The maximum Gasteiger partial charge on any atom is 0.475 e. The van der Waals surface area contributed by atoms with E-state index in [4.69, 9.17) is 18.0 Å². The molecule has 0 aromatic heterocycles. The molecule has 0 amide bonds. The highest BCUT2D eigenvalue weighted by Crippen LogP contribution is 2.55. The molecule has 6 aromatic rings. The van der Waals surface area contributed by atoms with Crippen LogP contribution < -0.4 is 10.4 Å². The second kappa shape index (κ2) is 16.9. The fourth-order valence-electron chi connectivity index (χ4n) is 7.96. The molecule has 0 aliphatic heterocycles. The molecule has 2 aliphatic carbocycles. The summed E-state index contributed by atoms with van der Waals surface area (Å²) in [5, 5.41) is 2.32. The zero-order valence-corrected chi connectivity index (χ0v) is 34.7. The number of rotatable bonds is 15. The van der Waals surface area contributed by atoms with Gasteiger partial charge in [-0.25, -0.2) is 4.57 Å². The van der Waals surface area contributed by atoms with Gasteiger partial charge >= 0.3 is 7.82 Å². The number of phosphoric ester groups is 1. The minimum absolute atomic E-state index is 0.00857. The first kappa shape index (κ1) is 38.9. The Labute approximate surface area is 339 Å². The van der Waals surface area contributed by atoms with Crippen LogP contribution >= 0.6 is 7.82 Å². The van der Waals surface area contributed by atoms with Gasteiger partial charge in [0.25, 0.3) is 9.04 Å². The average Bonchev–Trinajstić information content (AvgIpc) is 3.74. The third-order valence-corrected chi connectivity index (χ3v) is 14.5. The van der Waals surface area contributed by atoms with E-state index in [9.17, 15) is 4.57 Å². The SMILES string of the molecule is C=C/C(=C\COP(=O)(OCC1c2ccccc2-c2ccccc21)OCC1c2ccccc2-c2ccccc21)CO[Si](c1ccccc1)c1ccc(C(C)(C)C)cc1. The van der Waals surface area contributed by atoms with Crippen molar-refractivity contribution in [2.45, 2.75) is 38.0 Å². The molecule has 0 heterocycles. The largest absolute Gasteiger partial charge is 0.475 e. The lowest BCUT2D eigenvalue weighted by Gasteiger charge is -2.23. The van der Waals surface area contributed by atoms with Gasteiger partial charge in [-0.15, -0.1) is 0 Å². The number of phosphoric acid groups is 1. The zero-order chi connectivity index (χ0) is 39.4. The van der Waals surface area contributed by atoms with Crippen LogP contribution in [0.25, 0.3) is 22.3 Å². The maximum absolute atomic E-state index is 14.8. The van der Waals surface area contributed by atoms with Crippen LogP contribution in [0.2, 0.25) is 0 Å². The molecule has 0 spiro atoms. The predicted octanol–water partition coefficient (Wildman–Crippen LogP) is 11.0. The number of benzene rings is 6. The van der Waals surface area contributed by atoms with Crippen molar-refractivity contribution in [3.8, 4) is 22.3 Å². The Hall–Kier alpha value is -4.91. The standard InChI is InChI=1S/C50H48O5PSi/c1-5-36(33-55-57(38-17-7-6-8-18-38)39-29-27-37(28-30-39)50(2,3)4)31-32-52-56(51,53-34-48-44-23-13-9-19-40(44)41-20-10-14-24-45(41)48)54-35-49-46-25-15-11-21-42(46)43-22-12-16-26-47(43)49/h5-31,48-49H,1,32-35H2,2-4H3/b36-31+. The van der Waals surface area contributed by atoms with Gasteiger partial charge in [0.05, 0.1) is 26.4 Å². The van der Waals surface area contributed by atoms with Crippen molar-refractivity contribution < 1.29 is 22.6 Å². The van der Waals surface area contributed by atoms with Crippen molar-refractivity contribution in [1.29, 1.82) is 0 Å². The minimum Gasteiger partial charge on any atom is -0.403 e. The predicted molar refractivity (Wildman–Crippen MR) is 234 cm³/mol. The molecule has 0 N–H and O–H groups in total. The number of hydrogen-bond acceptors (Lipinski definition) is 5. The van der Waals surface area contributed by atoms with E-state index in [1.807, 2.05) is 72.8 Å². The number of fused-ring (bicyclic) bond motifs is 6. The van der Waals surface area contributed by atoms with Crippen molar-refractivity contribution in [2.24, 2.45) is 0 Å². The molecule has 8 rings (SSSR count). The first-order valence-electron chi connectivity index (χ1n) is 19.6. The van der Waals surface area contributed by atoms with E-state index in [2.05, 4.69) is 112 Å². The molecule has 0 saturated heterocycles. The number of hydrogen-bond donors (Lipinski definition) is 0. The maximum atomic E-state index is 14.8. The molecule has 6 aromatic carbocycles. The monoisotopic (exact) mass is 787 g/mol. The second-order valence-electron chi connectivity index (χ2n) is 15.6. The third-order valence-electron chi connectivity index (χ3n) is 11.0. The molecule has 1 radical (unpaired) electrons. The van der Waals surface area contributed by atoms with Gasteiger partial charge in [0.1, 0.15) is 0 Å². The zero-order valence-electron chi connectivity index (χ0n) is 32.8. The molecule has 287 valence electrons. The van der Waals surface area contributed by atoms with E-state index < -0.39 is 16.9 Å². The van der Waals surface area contributed by atoms with Gasteiger partial charge in [-0.2, -0.15) is 0 Å². The highest BCUT2D eigenvalue weighted by Gasteiger charge is 2.36. The highest BCUT2D eigenvalue weighted by molar-refractivity contribution is 7.48. The average molecular weight is 788 g/mol. The van der Waals surface area contributed by atoms with Crippen LogP contribution in [0.5, 0.6) is 0 Å². The van der Waals surface area contributed by atoms with Crippen LogP contribution in [0.3, 0.4) is 0 Å². The van der Waals surface area contributed by atoms with Crippen molar-refractivity contribution in [1.82, 2.24) is 0 Å². The molecule has 7 heteroatoms.